The van der Waals surface area contributed by atoms with Crippen LogP contribution in [-0.4, -0.2) is 102 Å². The second kappa shape index (κ2) is 23.2. The number of hydrogen-bond donors (Lipinski definition) is 4. The lowest BCUT2D eigenvalue weighted by Gasteiger charge is -2.32. The lowest BCUT2D eigenvalue weighted by Crippen LogP contribution is -2.58. The molecule has 0 bridgehead atoms. The summed E-state index contributed by atoms with van der Waals surface area (Å²) in [5, 5.41) is 33.3. The molecule has 6 aromatic heterocycles. The van der Waals surface area contributed by atoms with Crippen LogP contribution >= 0.6 is 22.7 Å². The van der Waals surface area contributed by atoms with E-state index in [4.69, 9.17) is 27.8 Å². The highest BCUT2D eigenvalue weighted by atomic mass is 32.1. The number of carboxylic acid groups (broad SMARTS) is 1. The molecule has 0 saturated carbocycles. The number of nitrogens with zero attached hydrogens (tertiary/aromatic N) is 6. The monoisotopic (exact) mass is 1110 g/mol. The van der Waals surface area contributed by atoms with E-state index in [1.54, 1.807) is 51.1 Å². The first-order chi connectivity index (χ1) is 37.2. The first-order valence-corrected chi connectivity index (χ1v) is 26.6. The number of nitrogens with one attached hydrogen (secondary N) is 1. The van der Waals surface area contributed by atoms with Gasteiger partial charge in [0.2, 0.25) is 17.7 Å². The molecular weight excluding hydrogens is 1050 g/mol. The molecule has 1 unspecified atom stereocenters. The fourth-order valence-corrected chi connectivity index (χ4v) is 12.1. The summed E-state index contributed by atoms with van der Waals surface area (Å²) in [6, 6.07) is 12.1. The van der Waals surface area contributed by atoms with Crippen LogP contribution in [0.15, 0.2) is 95.4 Å². The van der Waals surface area contributed by atoms with E-state index in [-0.39, 0.29) is 83.3 Å². The van der Waals surface area contributed by atoms with Gasteiger partial charge < -0.3 is 48.4 Å². The molecule has 414 valence electrons. The Morgan fingerprint density at radius 3 is 1.87 bits per heavy atom. The lowest BCUT2D eigenvalue weighted by molar-refractivity contribution is -0.146. The average molecular weight is 1110 g/mol. The van der Waals surface area contributed by atoms with Gasteiger partial charge in [-0.05, 0) is 84.2 Å². The van der Waals surface area contributed by atoms with Crippen molar-refractivity contribution >= 4 is 55.0 Å². The Labute approximate surface area is 453 Å². The largest absolute Gasteiger partial charge is 0.496 e. The van der Waals surface area contributed by atoms with Crippen molar-refractivity contribution in [1.82, 2.24) is 33.6 Å². The van der Waals surface area contributed by atoms with E-state index >= 15 is 9.59 Å². The van der Waals surface area contributed by atoms with E-state index in [0.717, 1.165) is 27.2 Å². The third-order valence-corrected chi connectivity index (χ3v) is 16.0. The van der Waals surface area contributed by atoms with Crippen LogP contribution in [0.25, 0.3) is 42.0 Å². The van der Waals surface area contributed by atoms with Gasteiger partial charge in [-0.25, -0.2) is 33.5 Å². The van der Waals surface area contributed by atoms with Crippen LogP contribution in [0, 0.1) is 13.8 Å². The molecular formula is C54H61N7O15S2. The Balaban J connectivity index is 1.31. The molecule has 6 heterocycles. The summed E-state index contributed by atoms with van der Waals surface area (Å²) < 4.78 is 40.4. The molecule has 3 atom stereocenters. The molecule has 0 aliphatic heterocycles. The molecule has 0 radical (unpaired) electrons. The van der Waals surface area contributed by atoms with E-state index in [9.17, 15) is 34.5 Å². The van der Waals surface area contributed by atoms with Crippen molar-refractivity contribution in [3.63, 3.8) is 0 Å². The number of carbonyl (C=O) groups is 2. The van der Waals surface area contributed by atoms with Gasteiger partial charge in [-0.1, -0.05) is 30.3 Å². The zero-order valence-corrected chi connectivity index (χ0v) is 46.1. The number of carboxylic acids is 1. The predicted molar refractivity (Wildman–Crippen MR) is 291 cm³/mol. The van der Waals surface area contributed by atoms with Crippen LogP contribution in [-0.2, 0) is 49.7 Å². The second-order valence-corrected chi connectivity index (χ2v) is 21.3. The number of thiophene rings is 2. The van der Waals surface area contributed by atoms with E-state index < -0.39 is 70.9 Å². The Morgan fingerprint density at radius 1 is 0.782 bits per heavy atom. The number of aliphatic hydroxyl groups is 2. The number of carbonyl (C=O) groups excluding carboxylic acids is 1. The van der Waals surface area contributed by atoms with Crippen molar-refractivity contribution in [2.45, 2.75) is 104 Å². The number of hydrogen-bond acceptors (Lipinski definition) is 18. The molecule has 2 aromatic carbocycles. The molecule has 24 heteroatoms. The van der Waals surface area contributed by atoms with Crippen molar-refractivity contribution in [2.24, 2.45) is 0 Å². The standard InChI is InChI=1S/C54H61N7O15S2/c1-10-72-36-25-32(15-16-34(36)37(73-24-21-63)27-58-47-39(30(4)41(77-47)43-55-18-22-74-43)45(64)60(51(58)69)53(6,7)50(67)68)26-54(8,49(66)57-17-20-62)61-46(65)40-31(5)42(44-56-19-23-75-44)78-48(40)59(52(61)70)28-38(76-29(2)3)33-13-11-12-14-35(33)71-9/h11-16,18-19,22-23,25,29,37-38,62-63H,10,17,20-21,24,26-28H2,1-9H3,(H,57,66)(H,67,68)/t37-,38-,54?/m0/s1. The first-order valence-electron chi connectivity index (χ1n) is 25.0. The first kappa shape index (κ1) is 56.7. The molecule has 22 nitrogen and oxygen atoms in total. The van der Waals surface area contributed by atoms with Gasteiger partial charge in [-0.2, -0.15) is 0 Å². The van der Waals surface area contributed by atoms with E-state index in [1.165, 1.54) is 61.9 Å². The van der Waals surface area contributed by atoms with Gasteiger partial charge in [0.1, 0.15) is 57.0 Å². The number of aryl methyl sites for hydroxylation is 2. The van der Waals surface area contributed by atoms with Gasteiger partial charge in [0.25, 0.3) is 11.1 Å². The number of aliphatic hydroxyl groups excluding tert-OH is 2. The number of aromatic nitrogens is 6. The van der Waals surface area contributed by atoms with Crippen LogP contribution in [0.4, 0.5) is 0 Å². The number of ether oxygens (including phenoxy) is 4. The Hall–Kier alpha value is -7.48. The third-order valence-electron chi connectivity index (χ3n) is 13.4. The minimum Gasteiger partial charge on any atom is -0.496 e. The summed E-state index contributed by atoms with van der Waals surface area (Å²) in [5.41, 5.74) is -5.26. The maximum atomic E-state index is 15.6. The van der Waals surface area contributed by atoms with Crippen molar-refractivity contribution in [1.29, 1.82) is 0 Å². The molecule has 78 heavy (non-hydrogen) atoms. The summed E-state index contributed by atoms with van der Waals surface area (Å²) in [4.78, 5) is 97.5. The van der Waals surface area contributed by atoms with Crippen LogP contribution in [0.2, 0.25) is 0 Å². The number of rotatable bonds is 24. The van der Waals surface area contributed by atoms with Crippen LogP contribution < -0.4 is 37.3 Å². The van der Waals surface area contributed by atoms with Crippen LogP contribution in [0.3, 0.4) is 0 Å². The number of methoxy groups -OCH3 is 1. The third kappa shape index (κ3) is 10.5. The highest BCUT2D eigenvalue weighted by Crippen LogP contribution is 2.40. The maximum absolute atomic E-state index is 15.6. The number of amides is 1. The maximum Gasteiger partial charge on any atom is 0.333 e. The molecule has 0 saturated heterocycles. The van der Waals surface area contributed by atoms with Gasteiger partial charge in [0.05, 0.1) is 85.7 Å². The van der Waals surface area contributed by atoms with Crippen LogP contribution in [0.5, 0.6) is 11.5 Å². The average Bonchev–Trinajstić information content (AvgIpc) is 4.36. The van der Waals surface area contributed by atoms with Crippen molar-refractivity contribution in [3.05, 3.63) is 137 Å². The smallest absolute Gasteiger partial charge is 0.333 e. The molecule has 4 N–H and O–H groups in total. The van der Waals surface area contributed by atoms with Gasteiger partial charge in [0, 0.05) is 24.1 Å². The fourth-order valence-electron chi connectivity index (χ4n) is 9.61. The number of fused-ring (bicyclic) bond motifs is 2. The predicted octanol–water partition coefficient (Wildman–Crippen LogP) is 5.90. The number of benzene rings is 2. The minimum atomic E-state index is -2.03. The summed E-state index contributed by atoms with van der Waals surface area (Å²) in [7, 11) is 1.52. The van der Waals surface area contributed by atoms with E-state index in [0.29, 0.717) is 47.9 Å². The molecule has 8 aromatic rings. The number of aliphatic carboxylic acids is 1. The summed E-state index contributed by atoms with van der Waals surface area (Å²) >= 11 is 2.18. The molecule has 0 aliphatic carbocycles. The normalized spacial score (nSPS) is 13.5. The van der Waals surface area contributed by atoms with E-state index in [2.05, 4.69) is 15.3 Å². The summed E-state index contributed by atoms with van der Waals surface area (Å²) in [6.45, 7) is 11.0. The van der Waals surface area contributed by atoms with Gasteiger partial charge in [-0.3, -0.25) is 23.5 Å². The quantitative estimate of drug-likeness (QED) is 0.0548. The van der Waals surface area contributed by atoms with Gasteiger partial charge in [0.15, 0.2) is 0 Å². The van der Waals surface area contributed by atoms with Gasteiger partial charge in [-0.15, -0.1) is 22.7 Å². The Bertz CT molecular complexity index is 3740. The highest BCUT2D eigenvalue weighted by molar-refractivity contribution is 7.22. The Kier molecular flexibility index (Phi) is 16.9. The summed E-state index contributed by atoms with van der Waals surface area (Å²) in [6.07, 6.45) is 3.06. The van der Waals surface area contributed by atoms with Gasteiger partial charge >= 0.3 is 17.3 Å². The van der Waals surface area contributed by atoms with E-state index in [1.807, 2.05) is 26.0 Å². The zero-order chi connectivity index (χ0) is 56.4. The second-order valence-electron chi connectivity index (χ2n) is 19.3. The molecule has 0 spiro atoms. The van der Waals surface area contributed by atoms with Crippen molar-refractivity contribution in [2.75, 3.05) is 40.1 Å². The Morgan fingerprint density at radius 2 is 1.35 bits per heavy atom. The molecule has 1 amide bonds. The summed E-state index contributed by atoms with van der Waals surface area (Å²) in [5.74, 6) is -1.13. The molecule has 0 aliphatic rings. The van der Waals surface area contributed by atoms with Crippen LogP contribution in [0.1, 0.15) is 81.6 Å². The topological polar surface area (TPSA) is 284 Å². The molecule has 8 rings (SSSR count). The lowest BCUT2D eigenvalue weighted by atomic mass is 9.89. The SMILES string of the molecule is CCOc1cc(CC(C)(C(=O)NCCO)n2c(=O)c3c(C)c(-c4ncco4)sc3n(C[C@H](OC(C)C)c3ccccc3OC)c2=O)ccc1[C@H](Cn1c(=O)n(C(C)(C)C(=O)O)c(=O)c2c(C)c(-c3ncco3)sc21)OCCO. The zero-order valence-electron chi connectivity index (χ0n) is 44.5. The number of para-hydroxylation sites is 1. The van der Waals surface area contributed by atoms with Crippen molar-refractivity contribution in [3.8, 4) is 33.0 Å². The highest BCUT2D eigenvalue weighted by Gasteiger charge is 2.42. The minimum absolute atomic E-state index is 0.0592. The molecule has 0 fully saturated rings. The fraction of sp³-hybridized carbons (Fsp3) is 0.407. The van der Waals surface area contributed by atoms with Crippen molar-refractivity contribution < 1.29 is 52.7 Å². The number of oxazole rings is 2.